The van der Waals surface area contributed by atoms with Crippen molar-refractivity contribution in [3.05, 3.63) is 27.2 Å². The molecule has 2 heterocycles. The highest BCUT2D eigenvalue weighted by Gasteiger charge is 2.42. The maximum absolute atomic E-state index is 12.9. The minimum Gasteiger partial charge on any atom is -0.295 e. The van der Waals surface area contributed by atoms with E-state index in [2.05, 4.69) is 10.00 Å². The van der Waals surface area contributed by atoms with Gasteiger partial charge in [-0.25, -0.2) is 5.10 Å². The van der Waals surface area contributed by atoms with Crippen LogP contribution in [0.4, 0.5) is 13.2 Å². The molecule has 1 aromatic rings. The molecule has 1 saturated heterocycles. The number of halogens is 3. The van der Waals surface area contributed by atoms with E-state index >= 15 is 0 Å². The highest BCUT2D eigenvalue weighted by molar-refractivity contribution is 5.36. The first kappa shape index (κ1) is 11.7. The number of likely N-dealkylation sites (tertiary alicyclic amines) is 1. The zero-order valence-electron chi connectivity index (χ0n) is 9.55. The summed E-state index contributed by atoms with van der Waals surface area (Å²) in [5.74, 6) is 0. The second-order valence-electron chi connectivity index (χ2n) is 4.73. The van der Waals surface area contributed by atoms with Crippen LogP contribution < -0.4 is 5.56 Å². The average molecular weight is 259 g/mol. The van der Waals surface area contributed by atoms with Crippen LogP contribution in [0, 0.1) is 0 Å². The quantitative estimate of drug-likeness (QED) is 0.831. The first-order valence-corrected chi connectivity index (χ1v) is 5.91. The van der Waals surface area contributed by atoms with E-state index in [4.69, 9.17) is 0 Å². The molecule has 2 aliphatic rings. The van der Waals surface area contributed by atoms with E-state index in [0.717, 1.165) is 19.5 Å². The second-order valence-corrected chi connectivity index (χ2v) is 4.73. The summed E-state index contributed by atoms with van der Waals surface area (Å²) in [6.07, 6.45) is -2.64. The number of rotatable bonds is 1. The molecule has 1 aliphatic carbocycles. The van der Waals surface area contributed by atoms with Crippen LogP contribution in [-0.4, -0.2) is 28.2 Å². The van der Waals surface area contributed by atoms with E-state index in [9.17, 15) is 18.0 Å². The molecule has 1 fully saturated rings. The molecule has 0 radical (unpaired) electrons. The van der Waals surface area contributed by atoms with Gasteiger partial charge < -0.3 is 0 Å². The molecule has 0 bridgehead atoms. The van der Waals surface area contributed by atoms with Crippen LogP contribution in [0.3, 0.4) is 0 Å². The lowest BCUT2D eigenvalue weighted by molar-refractivity contribution is -0.139. The maximum Gasteiger partial charge on any atom is 0.422 e. The lowest BCUT2D eigenvalue weighted by Gasteiger charge is -2.36. The van der Waals surface area contributed by atoms with Crippen molar-refractivity contribution in [1.82, 2.24) is 15.1 Å². The molecule has 4 nitrogen and oxygen atoms in total. The molecule has 0 spiro atoms. The second kappa shape index (κ2) is 3.81. The number of alkyl halides is 3. The highest BCUT2D eigenvalue weighted by Crippen LogP contribution is 2.40. The van der Waals surface area contributed by atoms with Crippen molar-refractivity contribution >= 4 is 0 Å². The highest BCUT2D eigenvalue weighted by atomic mass is 19.4. The Labute approximate surface area is 101 Å². The van der Waals surface area contributed by atoms with Gasteiger partial charge in [-0.05, 0) is 24.8 Å². The molecule has 98 valence electrons. The van der Waals surface area contributed by atoms with Gasteiger partial charge in [-0.15, -0.1) is 0 Å². The first-order chi connectivity index (χ1) is 8.48. The number of nitrogens with zero attached hydrogens (tertiary/aromatic N) is 2. The molecule has 7 heteroatoms. The Morgan fingerprint density at radius 3 is 2.61 bits per heavy atom. The fourth-order valence-electron chi connectivity index (χ4n) is 2.75. The smallest absolute Gasteiger partial charge is 0.295 e. The van der Waals surface area contributed by atoms with Gasteiger partial charge in [-0.3, -0.25) is 9.69 Å². The van der Waals surface area contributed by atoms with Gasteiger partial charge in [-0.1, -0.05) is 0 Å². The zero-order valence-corrected chi connectivity index (χ0v) is 9.55. The van der Waals surface area contributed by atoms with Crippen LogP contribution in [0.5, 0.6) is 0 Å². The minimum atomic E-state index is -4.61. The number of hydrogen-bond acceptors (Lipinski definition) is 3. The summed E-state index contributed by atoms with van der Waals surface area (Å²) in [7, 11) is 0. The van der Waals surface area contributed by atoms with Crippen molar-refractivity contribution in [3.63, 3.8) is 0 Å². The molecule has 18 heavy (non-hydrogen) atoms. The van der Waals surface area contributed by atoms with Gasteiger partial charge in [0.05, 0.1) is 11.7 Å². The fourth-order valence-corrected chi connectivity index (χ4v) is 2.75. The number of hydrogen-bond donors (Lipinski definition) is 1. The van der Waals surface area contributed by atoms with Crippen molar-refractivity contribution in [3.8, 4) is 0 Å². The van der Waals surface area contributed by atoms with Crippen molar-refractivity contribution in [2.45, 2.75) is 31.5 Å². The van der Waals surface area contributed by atoms with Crippen LogP contribution in [0.1, 0.15) is 35.7 Å². The largest absolute Gasteiger partial charge is 0.422 e. The fraction of sp³-hybridized carbons (Fsp3) is 0.636. The van der Waals surface area contributed by atoms with Gasteiger partial charge in [0, 0.05) is 13.1 Å². The van der Waals surface area contributed by atoms with Crippen LogP contribution in [0.25, 0.3) is 0 Å². The number of H-pyrrole nitrogens is 1. The van der Waals surface area contributed by atoms with E-state index < -0.39 is 17.3 Å². The van der Waals surface area contributed by atoms with E-state index in [0.29, 0.717) is 12.1 Å². The standard InChI is InChI=1S/C11H12F3N3O/c12-11(13,14)8-6-2-3-7(17-4-1-5-17)9(6)15-16-10(8)18/h7H,1-5H2,(H,16,18). The maximum atomic E-state index is 12.9. The van der Waals surface area contributed by atoms with Crippen LogP contribution >= 0.6 is 0 Å². The summed E-state index contributed by atoms with van der Waals surface area (Å²) in [6, 6.07) is -0.0632. The molecule has 3 rings (SSSR count). The molecular weight excluding hydrogens is 247 g/mol. The van der Waals surface area contributed by atoms with Crippen molar-refractivity contribution in [2.24, 2.45) is 0 Å². The Morgan fingerprint density at radius 2 is 2.06 bits per heavy atom. The third kappa shape index (κ3) is 1.65. The van der Waals surface area contributed by atoms with E-state index in [1.807, 2.05) is 5.10 Å². The molecular formula is C11H12F3N3O. The van der Waals surface area contributed by atoms with Crippen molar-refractivity contribution in [2.75, 3.05) is 13.1 Å². The molecule has 0 amide bonds. The molecule has 0 saturated carbocycles. The van der Waals surface area contributed by atoms with Gasteiger partial charge >= 0.3 is 6.18 Å². The van der Waals surface area contributed by atoms with Crippen molar-refractivity contribution < 1.29 is 13.2 Å². The summed E-state index contributed by atoms with van der Waals surface area (Å²) in [4.78, 5) is 13.4. The Morgan fingerprint density at radius 1 is 1.33 bits per heavy atom. The summed E-state index contributed by atoms with van der Waals surface area (Å²) in [5, 5.41) is 5.83. The SMILES string of the molecule is O=c1[nH]nc2c(c1C(F)(F)F)CCC2N1CCC1. The third-order valence-electron chi connectivity index (χ3n) is 3.71. The van der Waals surface area contributed by atoms with Gasteiger partial charge in [-0.2, -0.15) is 18.3 Å². The Balaban J connectivity index is 2.08. The molecule has 1 unspecified atom stereocenters. The number of fused-ring (bicyclic) bond motifs is 1. The number of aromatic nitrogens is 2. The van der Waals surface area contributed by atoms with E-state index in [-0.39, 0.29) is 18.0 Å². The van der Waals surface area contributed by atoms with Gasteiger partial charge in [0.15, 0.2) is 0 Å². The number of nitrogens with one attached hydrogen (secondary N) is 1. The lowest BCUT2D eigenvalue weighted by atomic mass is 10.1. The van der Waals surface area contributed by atoms with E-state index in [1.54, 1.807) is 0 Å². The predicted octanol–water partition coefficient (Wildman–Crippen LogP) is 1.48. The summed E-state index contributed by atoms with van der Waals surface area (Å²) in [6.45, 7) is 1.79. The Bertz CT molecular complexity index is 533. The molecule has 1 aliphatic heterocycles. The van der Waals surface area contributed by atoms with Gasteiger partial charge in [0.2, 0.25) is 0 Å². The topological polar surface area (TPSA) is 49.0 Å². The lowest BCUT2D eigenvalue weighted by Crippen LogP contribution is -2.40. The summed E-state index contributed by atoms with van der Waals surface area (Å²) < 4.78 is 38.6. The first-order valence-electron chi connectivity index (χ1n) is 5.91. The van der Waals surface area contributed by atoms with E-state index in [1.165, 1.54) is 0 Å². The monoisotopic (exact) mass is 259 g/mol. The van der Waals surface area contributed by atoms with Crippen LogP contribution in [0.15, 0.2) is 4.79 Å². The molecule has 1 atom stereocenters. The van der Waals surface area contributed by atoms with Gasteiger partial charge in [0.1, 0.15) is 5.56 Å². The molecule has 1 N–H and O–H groups in total. The Kier molecular flexibility index (Phi) is 2.48. The summed E-state index contributed by atoms with van der Waals surface area (Å²) in [5.41, 5.74) is -1.70. The third-order valence-corrected chi connectivity index (χ3v) is 3.71. The minimum absolute atomic E-state index is 0.0632. The summed E-state index contributed by atoms with van der Waals surface area (Å²) >= 11 is 0. The van der Waals surface area contributed by atoms with Crippen LogP contribution in [-0.2, 0) is 12.6 Å². The Hall–Kier alpha value is -1.37. The van der Waals surface area contributed by atoms with Crippen molar-refractivity contribution in [1.29, 1.82) is 0 Å². The van der Waals surface area contributed by atoms with Gasteiger partial charge in [0.25, 0.3) is 5.56 Å². The zero-order chi connectivity index (χ0) is 12.9. The average Bonchev–Trinajstić information content (AvgIpc) is 2.57. The molecule has 0 aromatic carbocycles. The van der Waals surface area contributed by atoms with Crippen LogP contribution in [0.2, 0.25) is 0 Å². The molecule has 1 aromatic heterocycles. The number of aromatic amines is 1. The normalized spacial score (nSPS) is 23.8. The predicted molar refractivity (Wildman–Crippen MR) is 57.1 cm³/mol.